The van der Waals surface area contributed by atoms with Crippen LogP contribution in [0, 0.1) is 0 Å². The Morgan fingerprint density at radius 3 is 2.23 bits per heavy atom. The molecule has 5 nitrogen and oxygen atoms in total. The first kappa shape index (κ1) is 21.3. The van der Waals surface area contributed by atoms with Gasteiger partial charge in [-0.2, -0.15) is 4.31 Å². The van der Waals surface area contributed by atoms with Crippen molar-refractivity contribution in [3.8, 4) is 0 Å². The third-order valence-corrected chi connectivity index (χ3v) is 8.43. The van der Waals surface area contributed by atoms with Crippen molar-refractivity contribution in [3.63, 3.8) is 0 Å². The Labute approximate surface area is 187 Å². The summed E-state index contributed by atoms with van der Waals surface area (Å²) >= 11 is 7.50. The van der Waals surface area contributed by atoms with E-state index in [1.165, 1.54) is 15.4 Å². The number of anilines is 1. The van der Waals surface area contributed by atoms with E-state index >= 15 is 0 Å². The molecule has 0 bridgehead atoms. The summed E-state index contributed by atoms with van der Waals surface area (Å²) in [4.78, 5) is 7.24. The number of nitrogens with zero attached hydrogens (tertiary/aromatic N) is 3. The first-order chi connectivity index (χ1) is 14.5. The van der Waals surface area contributed by atoms with E-state index in [0.29, 0.717) is 31.2 Å². The second-order valence-corrected chi connectivity index (χ2v) is 10.5. The van der Waals surface area contributed by atoms with Gasteiger partial charge in [-0.15, -0.1) is 11.3 Å². The number of rotatable bonds is 6. The Kier molecular flexibility index (Phi) is 6.43. The average molecular weight is 462 g/mol. The van der Waals surface area contributed by atoms with Crippen molar-refractivity contribution < 1.29 is 8.42 Å². The molecule has 1 aromatic heterocycles. The highest BCUT2D eigenvalue weighted by molar-refractivity contribution is 7.89. The van der Waals surface area contributed by atoms with E-state index in [1.54, 1.807) is 35.6 Å². The first-order valence-electron chi connectivity index (χ1n) is 9.98. The molecule has 8 heteroatoms. The van der Waals surface area contributed by atoms with Crippen LogP contribution in [0.15, 0.2) is 58.8 Å². The summed E-state index contributed by atoms with van der Waals surface area (Å²) in [6.07, 6.45) is 1.85. The van der Waals surface area contributed by atoms with Crippen LogP contribution in [0.5, 0.6) is 0 Å². The van der Waals surface area contributed by atoms with Crippen LogP contribution in [0.2, 0.25) is 5.02 Å². The fraction of sp³-hybridized carbons (Fsp3) is 0.318. The maximum Gasteiger partial charge on any atom is 0.243 e. The van der Waals surface area contributed by atoms with Crippen LogP contribution in [0.1, 0.15) is 23.7 Å². The topological polar surface area (TPSA) is 53.5 Å². The molecule has 2 aromatic carbocycles. The average Bonchev–Trinajstić information content (AvgIpc) is 3.23. The summed E-state index contributed by atoms with van der Waals surface area (Å²) in [5, 5.41) is 3.58. The molecule has 1 aliphatic rings. The molecule has 4 rings (SSSR count). The second-order valence-electron chi connectivity index (χ2n) is 7.31. The fourth-order valence-corrected chi connectivity index (χ4v) is 5.93. The minimum absolute atomic E-state index is 0.283. The molecule has 1 aliphatic heterocycles. The van der Waals surface area contributed by atoms with Crippen molar-refractivity contribution >= 4 is 38.1 Å². The summed E-state index contributed by atoms with van der Waals surface area (Å²) in [5.74, 6) is 0. The largest absolute Gasteiger partial charge is 0.345 e. The van der Waals surface area contributed by atoms with Crippen LogP contribution in [-0.2, 0) is 22.9 Å². The highest BCUT2D eigenvalue weighted by atomic mass is 35.5. The Bertz CT molecular complexity index is 1090. The highest BCUT2D eigenvalue weighted by Crippen LogP contribution is 2.26. The predicted octanol–water partition coefficient (Wildman–Crippen LogP) is 4.46. The van der Waals surface area contributed by atoms with Crippen molar-refractivity contribution in [2.24, 2.45) is 0 Å². The lowest BCUT2D eigenvalue weighted by atomic mass is 10.1. The summed E-state index contributed by atoms with van der Waals surface area (Å²) in [6, 6.07) is 15.0. The number of benzene rings is 2. The Balaban J connectivity index is 1.38. The lowest BCUT2D eigenvalue weighted by Crippen LogP contribution is -2.48. The van der Waals surface area contributed by atoms with Gasteiger partial charge < -0.3 is 4.90 Å². The Morgan fingerprint density at radius 2 is 1.60 bits per heavy atom. The normalized spacial score (nSPS) is 15.5. The molecular weight excluding hydrogens is 438 g/mol. The maximum absolute atomic E-state index is 12.8. The molecule has 0 aliphatic carbocycles. The van der Waals surface area contributed by atoms with Crippen LogP contribution in [0.4, 0.5) is 5.13 Å². The molecule has 0 atom stereocenters. The molecule has 0 N–H and O–H groups in total. The second kappa shape index (κ2) is 9.06. The molecule has 158 valence electrons. The molecular formula is C22H24ClN3O2S2. The van der Waals surface area contributed by atoms with Crippen LogP contribution in [-0.4, -0.2) is 43.9 Å². The quantitative estimate of drug-likeness (QED) is 0.543. The number of halogens is 1. The summed E-state index contributed by atoms with van der Waals surface area (Å²) in [7, 11) is -3.49. The van der Waals surface area contributed by atoms with Crippen molar-refractivity contribution in [1.29, 1.82) is 0 Å². The molecule has 2 heterocycles. The monoisotopic (exact) mass is 461 g/mol. The summed E-state index contributed by atoms with van der Waals surface area (Å²) in [5.41, 5.74) is 3.64. The third-order valence-electron chi connectivity index (χ3n) is 5.32. The molecule has 1 fully saturated rings. The van der Waals surface area contributed by atoms with Gasteiger partial charge in [0.25, 0.3) is 0 Å². The van der Waals surface area contributed by atoms with Crippen molar-refractivity contribution in [2.45, 2.75) is 24.7 Å². The van der Waals surface area contributed by atoms with E-state index in [9.17, 15) is 8.42 Å². The number of aryl methyl sites for hydroxylation is 1. The van der Waals surface area contributed by atoms with E-state index in [0.717, 1.165) is 23.7 Å². The standard InChI is InChI=1S/C22H24ClN3O2S2/c1-2-17-3-5-18(6-4-17)15-20-16-29-22(24-20)25-11-13-26(14-12-25)30(27,28)21-9-7-19(23)8-10-21/h3-10,16H,2,11-15H2,1H3. The number of hydrogen-bond acceptors (Lipinski definition) is 5. The van der Waals surface area contributed by atoms with E-state index < -0.39 is 10.0 Å². The number of piperazine rings is 1. The van der Waals surface area contributed by atoms with E-state index in [-0.39, 0.29) is 4.90 Å². The molecule has 3 aromatic rings. The van der Waals surface area contributed by atoms with Crippen molar-refractivity contribution in [2.75, 3.05) is 31.1 Å². The van der Waals surface area contributed by atoms with Gasteiger partial charge in [0.15, 0.2) is 5.13 Å². The lowest BCUT2D eigenvalue weighted by molar-refractivity contribution is 0.384. The highest BCUT2D eigenvalue weighted by Gasteiger charge is 2.29. The predicted molar refractivity (Wildman–Crippen MR) is 123 cm³/mol. The number of sulfonamides is 1. The SMILES string of the molecule is CCc1ccc(Cc2csc(N3CCN(S(=O)(=O)c4ccc(Cl)cc4)CC3)n2)cc1. The van der Waals surface area contributed by atoms with Gasteiger partial charge in [0.05, 0.1) is 10.6 Å². The molecule has 0 unspecified atom stereocenters. The Morgan fingerprint density at radius 1 is 0.967 bits per heavy atom. The fourth-order valence-electron chi connectivity index (χ4n) is 3.50. The van der Waals surface area contributed by atoms with Gasteiger partial charge >= 0.3 is 0 Å². The van der Waals surface area contributed by atoms with Crippen LogP contribution >= 0.6 is 22.9 Å². The first-order valence-corrected chi connectivity index (χ1v) is 12.7. The van der Waals surface area contributed by atoms with Crippen LogP contribution in [0.25, 0.3) is 0 Å². The zero-order chi connectivity index (χ0) is 21.1. The Hall–Kier alpha value is -1.93. The molecule has 0 radical (unpaired) electrons. The van der Waals surface area contributed by atoms with E-state index in [4.69, 9.17) is 16.6 Å². The minimum atomic E-state index is -3.49. The molecule has 0 amide bonds. The molecule has 30 heavy (non-hydrogen) atoms. The van der Waals surface area contributed by atoms with Gasteiger partial charge in [0.1, 0.15) is 0 Å². The van der Waals surface area contributed by atoms with Gasteiger partial charge in [0.2, 0.25) is 10.0 Å². The van der Waals surface area contributed by atoms with E-state index in [2.05, 4.69) is 41.5 Å². The minimum Gasteiger partial charge on any atom is -0.345 e. The van der Waals surface area contributed by atoms with Gasteiger partial charge in [-0.25, -0.2) is 13.4 Å². The zero-order valence-corrected chi connectivity index (χ0v) is 19.2. The molecule has 1 saturated heterocycles. The van der Waals surface area contributed by atoms with Crippen molar-refractivity contribution in [3.05, 3.63) is 75.8 Å². The smallest absolute Gasteiger partial charge is 0.243 e. The summed E-state index contributed by atoms with van der Waals surface area (Å²) < 4.78 is 27.2. The van der Waals surface area contributed by atoms with Crippen molar-refractivity contribution in [1.82, 2.24) is 9.29 Å². The lowest BCUT2D eigenvalue weighted by Gasteiger charge is -2.33. The molecule has 0 spiro atoms. The zero-order valence-electron chi connectivity index (χ0n) is 16.8. The third kappa shape index (κ3) is 4.70. The van der Waals surface area contributed by atoms with E-state index in [1.807, 2.05) is 0 Å². The maximum atomic E-state index is 12.8. The van der Waals surface area contributed by atoms with Gasteiger partial charge in [0, 0.05) is 43.0 Å². The van der Waals surface area contributed by atoms with Crippen LogP contribution < -0.4 is 4.90 Å². The number of thiazole rings is 1. The summed E-state index contributed by atoms with van der Waals surface area (Å²) in [6.45, 7) is 4.30. The van der Waals surface area contributed by atoms with Crippen LogP contribution in [0.3, 0.4) is 0 Å². The van der Waals surface area contributed by atoms with Gasteiger partial charge in [-0.1, -0.05) is 42.8 Å². The van der Waals surface area contributed by atoms with Gasteiger partial charge in [-0.05, 0) is 41.8 Å². The number of aromatic nitrogens is 1. The van der Waals surface area contributed by atoms with Gasteiger partial charge in [-0.3, -0.25) is 0 Å². The number of hydrogen-bond donors (Lipinski definition) is 0. The molecule has 0 saturated carbocycles.